The Hall–Kier alpha value is -1.80. The minimum Gasteiger partial charge on any atom is -0.337 e. The number of hydrogen-bond acceptors (Lipinski definition) is 5. The predicted molar refractivity (Wildman–Crippen MR) is 79.6 cm³/mol. The maximum atomic E-state index is 13.8. The van der Waals surface area contributed by atoms with E-state index in [1.54, 1.807) is 17.1 Å². The molecular formula is C14H22FN7. The van der Waals surface area contributed by atoms with Crippen molar-refractivity contribution in [3.63, 3.8) is 0 Å². The summed E-state index contributed by atoms with van der Waals surface area (Å²) in [5.74, 6) is 0.968. The molecule has 1 N–H and O–H groups in total. The van der Waals surface area contributed by atoms with Gasteiger partial charge in [-0.3, -0.25) is 9.58 Å². The summed E-state index contributed by atoms with van der Waals surface area (Å²) in [6.07, 6.45) is 5.25. The summed E-state index contributed by atoms with van der Waals surface area (Å²) in [6.45, 7) is 2.60. The molecule has 0 amide bonds. The number of alkyl halides is 1. The first kappa shape index (κ1) is 15.1. The van der Waals surface area contributed by atoms with Crippen LogP contribution < -0.4 is 5.32 Å². The highest BCUT2D eigenvalue weighted by Crippen LogP contribution is 2.21. The Morgan fingerprint density at radius 1 is 1.41 bits per heavy atom. The molecule has 7 nitrogen and oxygen atoms in total. The number of nitrogens with zero attached hydrogens (tertiary/aromatic N) is 6. The highest BCUT2D eigenvalue weighted by atomic mass is 19.1. The van der Waals surface area contributed by atoms with E-state index in [0.29, 0.717) is 26.1 Å². The summed E-state index contributed by atoms with van der Waals surface area (Å²) < 4.78 is 17.5. The minimum absolute atomic E-state index is 0.188. The summed E-state index contributed by atoms with van der Waals surface area (Å²) >= 11 is 0. The van der Waals surface area contributed by atoms with Crippen molar-refractivity contribution in [2.45, 2.75) is 31.7 Å². The zero-order valence-electron chi connectivity index (χ0n) is 13.0. The molecule has 0 spiro atoms. The van der Waals surface area contributed by atoms with Crippen molar-refractivity contribution < 1.29 is 4.39 Å². The molecule has 1 fully saturated rings. The highest BCUT2D eigenvalue weighted by molar-refractivity contribution is 4.96. The SMILES string of the molecule is Cn1ccnc1CN1C[C@@H](F)C[C@H]1CNCc1cnnn1C. The maximum absolute atomic E-state index is 13.8. The van der Waals surface area contributed by atoms with Gasteiger partial charge in [-0.25, -0.2) is 9.37 Å². The van der Waals surface area contributed by atoms with Gasteiger partial charge >= 0.3 is 0 Å². The van der Waals surface area contributed by atoms with E-state index in [2.05, 4.69) is 25.5 Å². The summed E-state index contributed by atoms with van der Waals surface area (Å²) in [5, 5.41) is 11.1. The van der Waals surface area contributed by atoms with Crippen molar-refractivity contribution >= 4 is 0 Å². The van der Waals surface area contributed by atoms with Crippen LogP contribution in [0.5, 0.6) is 0 Å². The van der Waals surface area contributed by atoms with Crippen LogP contribution in [0.3, 0.4) is 0 Å². The third-order valence-electron chi connectivity index (χ3n) is 4.24. The van der Waals surface area contributed by atoms with Crippen LogP contribution in [0.1, 0.15) is 17.9 Å². The molecule has 0 radical (unpaired) electrons. The van der Waals surface area contributed by atoms with E-state index in [1.165, 1.54) is 0 Å². The zero-order chi connectivity index (χ0) is 15.5. The smallest absolute Gasteiger partial charge is 0.122 e. The molecule has 1 aliphatic heterocycles. The predicted octanol–water partition coefficient (Wildman–Crippen LogP) is 0.251. The Morgan fingerprint density at radius 2 is 2.27 bits per heavy atom. The highest BCUT2D eigenvalue weighted by Gasteiger charge is 2.32. The second-order valence-electron chi connectivity index (χ2n) is 5.85. The Morgan fingerprint density at radius 3 is 2.95 bits per heavy atom. The van der Waals surface area contributed by atoms with Crippen molar-refractivity contribution in [2.75, 3.05) is 13.1 Å². The molecule has 0 bridgehead atoms. The Bertz CT molecular complexity index is 608. The van der Waals surface area contributed by atoms with Gasteiger partial charge in [0.15, 0.2) is 0 Å². The fourth-order valence-corrected chi connectivity index (χ4v) is 2.90. The van der Waals surface area contributed by atoms with Crippen molar-refractivity contribution in [1.82, 2.24) is 34.8 Å². The topological polar surface area (TPSA) is 63.8 Å². The van der Waals surface area contributed by atoms with Crippen LogP contribution in [-0.2, 0) is 27.2 Å². The fraction of sp³-hybridized carbons (Fsp3) is 0.643. The Balaban J connectivity index is 1.54. The van der Waals surface area contributed by atoms with Gasteiger partial charge in [0, 0.05) is 52.2 Å². The van der Waals surface area contributed by atoms with Crippen LogP contribution in [0.15, 0.2) is 18.6 Å². The quantitative estimate of drug-likeness (QED) is 0.829. The summed E-state index contributed by atoms with van der Waals surface area (Å²) in [6, 6.07) is 0.188. The number of halogens is 1. The van der Waals surface area contributed by atoms with Gasteiger partial charge in [0.25, 0.3) is 0 Å². The average molecular weight is 307 g/mol. The number of rotatable bonds is 6. The summed E-state index contributed by atoms with van der Waals surface area (Å²) in [4.78, 5) is 6.50. The number of likely N-dealkylation sites (tertiary alicyclic amines) is 1. The van der Waals surface area contributed by atoms with Crippen LogP contribution in [0, 0.1) is 0 Å². The lowest BCUT2D eigenvalue weighted by Crippen LogP contribution is -2.38. The van der Waals surface area contributed by atoms with E-state index in [0.717, 1.165) is 18.1 Å². The standard InChI is InChI=1S/C14H22FN7/c1-20-4-3-17-14(20)10-22-9-11(15)5-12(22)6-16-7-13-8-18-19-21(13)2/h3-4,8,11-12,16H,5-7,9-10H2,1-2H3/t11-,12-/m0/s1. The third kappa shape index (κ3) is 3.33. The van der Waals surface area contributed by atoms with Crippen molar-refractivity contribution in [1.29, 1.82) is 0 Å². The summed E-state index contributed by atoms with van der Waals surface area (Å²) in [5.41, 5.74) is 1.02. The molecule has 3 rings (SSSR count). The largest absolute Gasteiger partial charge is 0.337 e. The lowest BCUT2D eigenvalue weighted by atomic mass is 10.2. The van der Waals surface area contributed by atoms with Crippen LogP contribution in [0.2, 0.25) is 0 Å². The molecule has 0 aliphatic carbocycles. The molecule has 0 saturated carbocycles. The molecule has 0 aromatic carbocycles. The van der Waals surface area contributed by atoms with Crippen LogP contribution in [0.25, 0.3) is 0 Å². The molecule has 1 saturated heterocycles. The van der Waals surface area contributed by atoms with Gasteiger partial charge in [0.1, 0.15) is 12.0 Å². The van der Waals surface area contributed by atoms with Gasteiger partial charge < -0.3 is 9.88 Å². The number of aromatic nitrogens is 5. The molecule has 22 heavy (non-hydrogen) atoms. The maximum Gasteiger partial charge on any atom is 0.122 e. The molecule has 3 heterocycles. The molecule has 2 aromatic heterocycles. The van der Waals surface area contributed by atoms with Crippen LogP contribution in [0.4, 0.5) is 4.39 Å². The van der Waals surface area contributed by atoms with Crippen molar-refractivity contribution in [3.05, 3.63) is 30.1 Å². The van der Waals surface area contributed by atoms with Gasteiger partial charge in [-0.05, 0) is 6.42 Å². The lowest BCUT2D eigenvalue weighted by Gasteiger charge is -2.24. The Labute approximate surface area is 129 Å². The third-order valence-corrected chi connectivity index (χ3v) is 4.24. The normalized spacial score (nSPS) is 22.5. The molecule has 1 aliphatic rings. The molecule has 120 valence electrons. The van der Waals surface area contributed by atoms with E-state index in [1.807, 2.05) is 24.9 Å². The van der Waals surface area contributed by atoms with E-state index in [-0.39, 0.29) is 6.04 Å². The van der Waals surface area contributed by atoms with Gasteiger partial charge in [-0.15, -0.1) is 5.10 Å². The Kier molecular flexibility index (Phi) is 4.49. The first-order valence-electron chi connectivity index (χ1n) is 7.52. The number of nitrogens with one attached hydrogen (secondary N) is 1. The number of hydrogen-bond donors (Lipinski definition) is 1. The van der Waals surface area contributed by atoms with Gasteiger partial charge in [0.2, 0.25) is 0 Å². The molecular weight excluding hydrogens is 285 g/mol. The summed E-state index contributed by atoms with van der Waals surface area (Å²) in [7, 11) is 3.83. The van der Waals surface area contributed by atoms with E-state index >= 15 is 0 Å². The van der Waals surface area contributed by atoms with Gasteiger partial charge in [0.05, 0.1) is 18.4 Å². The van der Waals surface area contributed by atoms with Gasteiger partial charge in [-0.2, -0.15) is 0 Å². The number of imidazole rings is 1. The van der Waals surface area contributed by atoms with Crippen LogP contribution in [-0.4, -0.2) is 54.7 Å². The average Bonchev–Trinajstić information content (AvgIpc) is 3.15. The van der Waals surface area contributed by atoms with Crippen LogP contribution >= 0.6 is 0 Å². The van der Waals surface area contributed by atoms with Gasteiger partial charge in [-0.1, -0.05) is 5.21 Å². The fourth-order valence-electron chi connectivity index (χ4n) is 2.90. The zero-order valence-corrected chi connectivity index (χ0v) is 13.0. The molecule has 2 aromatic rings. The molecule has 8 heteroatoms. The molecule has 0 unspecified atom stereocenters. The van der Waals surface area contributed by atoms with Crippen molar-refractivity contribution in [2.24, 2.45) is 14.1 Å². The first-order valence-corrected chi connectivity index (χ1v) is 7.52. The van der Waals surface area contributed by atoms with E-state index in [4.69, 9.17) is 0 Å². The first-order chi connectivity index (χ1) is 10.6. The second-order valence-corrected chi connectivity index (χ2v) is 5.85. The van der Waals surface area contributed by atoms with E-state index in [9.17, 15) is 4.39 Å². The minimum atomic E-state index is -0.759. The number of aryl methyl sites for hydroxylation is 2. The second kappa shape index (κ2) is 6.53. The van der Waals surface area contributed by atoms with Crippen molar-refractivity contribution in [3.8, 4) is 0 Å². The van der Waals surface area contributed by atoms with E-state index < -0.39 is 6.17 Å². The lowest BCUT2D eigenvalue weighted by molar-refractivity contribution is 0.222. The monoisotopic (exact) mass is 307 g/mol. The molecule has 2 atom stereocenters.